The lowest BCUT2D eigenvalue weighted by molar-refractivity contribution is -0.141. The van der Waals surface area contributed by atoms with Crippen molar-refractivity contribution in [2.24, 2.45) is 29.6 Å². The summed E-state index contributed by atoms with van der Waals surface area (Å²) in [6.07, 6.45) is -4.34. The summed E-state index contributed by atoms with van der Waals surface area (Å²) in [5, 5.41) is 22.0. The molecule has 2 amide bonds. The van der Waals surface area contributed by atoms with Crippen molar-refractivity contribution in [2.75, 3.05) is 18.4 Å². The Morgan fingerprint density at radius 2 is 1.97 bits per heavy atom. The molecule has 3 aliphatic rings. The van der Waals surface area contributed by atoms with Gasteiger partial charge in [-0.15, -0.1) is 0 Å². The zero-order valence-corrected chi connectivity index (χ0v) is 15.6. The Morgan fingerprint density at radius 3 is 2.55 bits per heavy atom. The van der Waals surface area contributed by atoms with Gasteiger partial charge in [0.1, 0.15) is 5.82 Å². The molecular weight excluding hydrogens is 413 g/mol. The molecular formula is C18H16ClF3N4O3. The monoisotopic (exact) mass is 428 g/mol. The van der Waals surface area contributed by atoms with Crippen LogP contribution in [0.2, 0.25) is 5.02 Å². The van der Waals surface area contributed by atoms with Crippen molar-refractivity contribution < 1.29 is 27.9 Å². The Balaban J connectivity index is 1.41. The number of aliphatic hydroxyl groups excluding tert-OH is 1. The van der Waals surface area contributed by atoms with Crippen LogP contribution >= 0.6 is 11.6 Å². The highest BCUT2D eigenvalue weighted by Gasteiger charge is 2.67. The average molecular weight is 429 g/mol. The molecule has 4 rings (SSSR count). The van der Waals surface area contributed by atoms with E-state index in [1.807, 2.05) is 6.07 Å². The lowest BCUT2D eigenvalue weighted by Crippen LogP contribution is -2.39. The molecule has 1 aromatic rings. The second kappa shape index (κ2) is 6.85. The number of rotatable bonds is 4. The summed E-state index contributed by atoms with van der Waals surface area (Å²) in [7, 11) is 0. The van der Waals surface area contributed by atoms with Crippen molar-refractivity contribution in [2.45, 2.75) is 18.7 Å². The number of pyridine rings is 1. The van der Waals surface area contributed by atoms with Crippen LogP contribution in [-0.4, -0.2) is 46.0 Å². The van der Waals surface area contributed by atoms with Gasteiger partial charge in [0, 0.05) is 19.3 Å². The SMILES string of the molecule is N#C[C@@H]1[C@@H](O)[C@@H]2C[C@@H]1[C@@H]1C(=O)N(CCNc3ncc(C(F)(F)F)cc3Cl)C(=O)[C@@H]21. The van der Waals surface area contributed by atoms with Crippen molar-refractivity contribution in [3.63, 3.8) is 0 Å². The number of halogens is 4. The summed E-state index contributed by atoms with van der Waals surface area (Å²) in [4.78, 5) is 30.2. The van der Waals surface area contributed by atoms with Crippen molar-refractivity contribution >= 4 is 29.2 Å². The number of aliphatic hydroxyl groups is 1. The van der Waals surface area contributed by atoms with Crippen LogP contribution in [0.25, 0.3) is 0 Å². The summed E-state index contributed by atoms with van der Waals surface area (Å²) in [6, 6.07) is 2.79. The van der Waals surface area contributed by atoms with E-state index in [2.05, 4.69) is 10.3 Å². The second-order valence-corrected chi connectivity index (χ2v) is 7.97. The van der Waals surface area contributed by atoms with E-state index in [0.717, 1.165) is 11.0 Å². The van der Waals surface area contributed by atoms with E-state index in [1.54, 1.807) is 0 Å². The molecule has 1 aliphatic heterocycles. The van der Waals surface area contributed by atoms with E-state index in [-0.39, 0.29) is 41.7 Å². The number of fused-ring (bicyclic) bond motifs is 5. The lowest BCUT2D eigenvalue weighted by atomic mass is 9.74. The lowest BCUT2D eigenvalue weighted by Gasteiger charge is -2.28. The normalized spacial score (nSPS) is 33.2. The number of nitrogens with zero attached hydrogens (tertiary/aromatic N) is 3. The zero-order valence-electron chi connectivity index (χ0n) is 14.9. The maximum absolute atomic E-state index is 12.7. The molecule has 2 bridgehead atoms. The molecule has 11 heteroatoms. The quantitative estimate of drug-likeness (QED) is 0.710. The molecule has 0 unspecified atom stereocenters. The number of nitrogens with one attached hydrogen (secondary N) is 1. The fourth-order valence-corrected chi connectivity index (χ4v) is 5.16. The molecule has 2 saturated carbocycles. The van der Waals surface area contributed by atoms with E-state index in [4.69, 9.17) is 11.6 Å². The largest absolute Gasteiger partial charge is 0.417 e. The molecule has 2 heterocycles. The number of carbonyl (C=O) groups is 2. The minimum Gasteiger partial charge on any atom is -0.391 e. The number of aromatic nitrogens is 1. The fourth-order valence-electron chi connectivity index (χ4n) is 4.93. The number of hydrogen-bond acceptors (Lipinski definition) is 6. The van der Waals surface area contributed by atoms with E-state index in [0.29, 0.717) is 12.6 Å². The highest BCUT2D eigenvalue weighted by molar-refractivity contribution is 6.33. The first-order valence-electron chi connectivity index (χ1n) is 9.04. The molecule has 1 aromatic heterocycles. The predicted molar refractivity (Wildman–Crippen MR) is 93.1 cm³/mol. The summed E-state index contributed by atoms with van der Waals surface area (Å²) in [5.41, 5.74) is -0.980. The van der Waals surface area contributed by atoms with Crippen LogP contribution in [0.3, 0.4) is 0 Å². The third kappa shape index (κ3) is 3.04. The van der Waals surface area contributed by atoms with Gasteiger partial charge in [-0.3, -0.25) is 14.5 Å². The van der Waals surface area contributed by atoms with Crippen LogP contribution in [0.5, 0.6) is 0 Å². The second-order valence-electron chi connectivity index (χ2n) is 7.57. The topological polar surface area (TPSA) is 106 Å². The first-order valence-corrected chi connectivity index (χ1v) is 9.42. The molecule has 1 saturated heterocycles. The van der Waals surface area contributed by atoms with Gasteiger partial charge in [-0.1, -0.05) is 11.6 Å². The van der Waals surface area contributed by atoms with Crippen molar-refractivity contribution in [1.29, 1.82) is 5.26 Å². The van der Waals surface area contributed by atoms with Gasteiger partial charge in [0.2, 0.25) is 11.8 Å². The van der Waals surface area contributed by atoms with Crippen LogP contribution in [0.4, 0.5) is 19.0 Å². The third-order valence-corrected chi connectivity index (χ3v) is 6.46. The Kier molecular flexibility index (Phi) is 4.70. The highest BCUT2D eigenvalue weighted by Crippen LogP contribution is 2.58. The van der Waals surface area contributed by atoms with Crippen LogP contribution < -0.4 is 5.32 Å². The smallest absolute Gasteiger partial charge is 0.391 e. The standard InChI is InChI=1S/C18H16ClF3N4O3/c19-11-3-7(18(20,21)22)6-25-15(11)24-1-2-26-16(28)12-8-4-9(13(12)17(26)29)14(27)10(8)5-23/h3,6,8-10,12-14,27H,1-2,4H2,(H,24,25)/t8-,9+,10-,12-,13-,14-/m0/s1. The van der Waals surface area contributed by atoms with Crippen molar-refractivity contribution in [1.82, 2.24) is 9.88 Å². The minimum absolute atomic E-state index is 0.0130. The predicted octanol–water partition coefficient (Wildman–Crippen LogP) is 1.92. The third-order valence-electron chi connectivity index (χ3n) is 6.17. The van der Waals surface area contributed by atoms with Crippen molar-refractivity contribution in [3.8, 4) is 6.07 Å². The first-order chi connectivity index (χ1) is 13.6. The Hall–Kier alpha value is -2.38. The molecule has 2 N–H and O–H groups in total. The molecule has 0 radical (unpaired) electrons. The number of imide groups is 1. The number of nitriles is 1. The molecule has 2 aliphatic carbocycles. The average Bonchev–Trinajstić information content (AvgIpc) is 3.26. The Bertz CT molecular complexity index is 919. The number of carbonyl (C=O) groups excluding carboxylic acids is 2. The van der Waals surface area contributed by atoms with Crippen LogP contribution in [0.1, 0.15) is 12.0 Å². The van der Waals surface area contributed by atoms with Gasteiger partial charge in [-0.05, 0) is 24.3 Å². The Morgan fingerprint density at radius 1 is 1.31 bits per heavy atom. The van der Waals surface area contributed by atoms with Gasteiger partial charge in [0.05, 0.1) is 40.5 Å². The van der Waals surface area contributed by atoms with Crippen LogP contribution in [-0.2, 0) is 15.8 Å². The van der Waals surface area contributed by atoms with Crippen LogP contribution in [0.15, 0.2) is 12.3 Å². The van der Waals surface area contributed by atoms with Crippen LogP contribution in [0, 0.1) is 40.9 Å². The number of hydrogen-bond donors (Lipinski definition) is 2. The molecule has 6 atom stereocenters. The number of anilines is 1. The summed E-state index contributed by atoms with van der Waals surface area (Å²) >= 11 is 5.83. The van der Waals surface area contributed by atoms with Gasteiger partial charge in [0.15, 0.2) is 0 Å². The summed E-state index contributed by atoms with van der Waals surface area (Å²) in [6.45, 7) is 0.0328. The van der Waals surface area contributed by atoms with Gasteiger partial charge in [0.25, 0.3) is 0 Å². The molecule has 154 valence electrons. The number of alkyl halides is 3. The highest BCUT2D eigenvalue weighted by atomic mass is 35.5. The Labute approximate surface area is 168 Å². The number of likely N-dealkylation sites (tertiary alicyclic amines) is 1. The van der Waals surface area contributed by atoms with Gasteiger partial charge in [-0.25, -0.2) is 4.98 Å². The fraction of sp³-hybridized carbons (Fsp3) is 0.556. The maximum atomic E-state index is 12.7. The summed E-state index contributed by atoms with van der Waals surface area (Å²) < 4.78 is 38.0. The number of amides is 2. The van der Waals surface area contributed by atoms with E-state index in [1.165, 1.54) is 0 Å². The summed E-state index contributed by atoms with van der Waals surface area (Å²) in [5.74, 6) is -3.30. The van der Waals surface area contributed by atoms with E-state index < -0.39 is 41.5 Å². The van der Waals surface area contributed by atoms with E-state index >= 15 is 0 Å². The zero-order chi connectivity index (χ0) is 21.1. The molecule has 0 aromatic carbocycles. The van der Waals surface area contributed by atoms with Gasteiger partial charge >= 0.3 is 6.18 Å². The molecule has 3 fully saturated rings. The van der Waals surface area contributed by atoms with Crippen molar-refractivity contribution in [3.05, 3.63) is 22.8 Å². The molecule has 0 spiro atoms. The molecule has 29 heavy (non-hydrogen) atoms. The van der Waals surface area contributed by atoms with Gasteiger partial charge < -0.3 is 10.4 Å². The first kappa shape index (κ1) is 19.9. The maximum Gasteiger partial charge on any atom is 0.417 e. The van der Waals surface area contributed by atoms with E-state index in [9.17, 15) is 33.1 Å². The molecule has 7 nitrogen and oxygen atoms in total. The van der Waals surface area contributed by atoms with Gasteiger partial charge in [-0.2, -0.15) is 18.4 Å². The minimum atomic E-state index is -4.56.